The van der Waals surface area contributed by atoms with Crippen LogP contribution in [-0.2, 0) is 0 Å². The van der Waals surface area contributed by atoms with Crippen LogP contribution in [0.4, 0.5) is 11.5 Å². The summed E-state index contributed by atoms with van der Waals surface area (Å²) < 4.78 is 0. The standard InChI is InChI=1S/C25H33ClN4O/c26-21-10-11-24(28-17-21)29-25(31)22-8-4-5-9-23(22)27-16-19-12-14-30(15-13-19)18-20-6-2-1-3-7-20/h4-5,8-11,17,19-20,27H,1-3,6-7,12-16,18H2,(H,28,29,31). The zero-order chi connectivity index (χ0) is 21.5. The maximum atomic E-state index is 12.8. The molecule has 4 rings (SSSR count). The molecule has 2 aliphatic rings. The number of pyridine rings is 1. The van der Waals surface area contributed by atoms with Crippen molar-refractivity contribution in [1.29, 1.82) is 0 Å². The molecular weight excluding hydrogens is 408 g/mol. The first-order valence-corrected chi connectivity index (χ1v) is 12.0. The van der Waals surface area contributed by atoms with Gasteiger partial charge in [-0.3, -0.25) is 4.79 Å². The van der Waals surface area contributed by atoms with E-state index < -0.39 is 0 Å². The highest BCUT2D eigenvalue weighted by Gasteiger charge is 2.23. The number of benzene rings is 1. The van der Waals surface area contributed by atoms with Crippen molar-refractivity contribution in [2.45, 2.75) is 44.9 Å². The molecule has 0 bridgehead atoms. The van der Waals surface area contributed by atoms with Gasteiger partial charge in [-0.1, -0.05) is 43.0 Å². The maximum Gasteiger partial charge on any atom is 0.258 e. The van der Waals surface area contributed by atoms with Gasteiger partial charge in [0, 0.05) is 25.0 Å². The van der Waals surface area contributed by atoms with Crippen molar-refractivity contribution in [3.8, 4) is 0 Å². The molecule has 2 N–H and O–H groups in total. The van der Waals surface area contributed by atoms with Crippen molar-refractivity contribution in [1.82, 2.24) is 9.88 Å². The fourth-order valence-corrected chi connectivity index (χ4v) is 4.94. The minimum atomic E-state index is -0.166. The fraction of sp³-hybridized carbons (Fsp3) is 0.520. The van der Waals surface area contributed by atoms with Crippen LogP contribution in [0.15, 0.2) is 42.6 Å². The molecule has 1 saturated heterocycles. The van der Waals surface area contributed by atoms with E-state index in [1.807, 2.05) is 24.3 Å². The molecule has 2 heterocycles. The number of nitrogens with zero attached hydrogens (tertiary/aromatic N) is 2. The van der Waals surface area contributed by atoms with Gasteiger partial charge in [0.2, 0.25) is 0 Å². The molecule has 31 heavy (non-hydrogen) atoms. The topological polar surface area (TPSA) is 57.3 Å². The number of nitrogens with one attached hydrogen (secondary N) is 2. The number of piperidine rings is 1. The van der Waals surface area contributed by atoms with E-state index in [9.17, 15) is 4.79 Å². The Kier molecular flexibility index (Phi) is 7.81. The van der Waals surface area contributed by atoms with Crippen LogP contribution in [0.1, 0.15) is 55.3 Å². The fourth-order valence-electron chi connectivity index (χ4n) is 4.83. The van der Waals surface area contributed by atoms with Crippen molar-refractivity contribution in [3.63, 3.8) is 0 Å². The lowest BCUT2D eigenvalue weighted by atomic mass is 9.88. The number of halogens is 1. The first-order valence-electron chi connectivity index (χ1n) is 11.7. The Bertz CT molecular complexity index is 843. The first-order chi connectivity index (χ1) is 15.2. The lowest BCUT2D eigenvalue weighted by Crippen LogP contribution is -2.39. The second kappa shape index (κ2) is 11.0. The average Bonchev–Trinajstić information content (AvgIpc) is 2.81. The summed E-state index contributed by atoms with van der Waals surface area (Å²) in [4.78, 5) is 19.6. The summed E-state index contributed by atoms with van der Waals surface area (Å²) in [5.74, 6) is 1.90. The Labute approximate surface area is 190 Å². The van der Waals surface area contributed by atoms with Crippen molar-refractivity contribution < 1.29 is 4.79 Å². The van der Waals surface area contributed by atoms with Gasteiger partial charge in [0.05, 0.1) is 10.6 Å². The number of amides is 1. The highest BCUT2D eigenvalue weighted by Crippen LogP contribution is 2.27. The summed E-state index contributed by atoms with van der Waals surface area (Å²) in [5, 5.41) is 6.93. The van der Waals surface area contributed by atoms with Crippen LogP contribution in [0.5, 0.6) is 0 Å². The van der Waals surface area contributed by atoms with Crippen LogP contribution < -0.4 is 10.6 Å². The Morgan fingerprint density at radius 3 is 2.52 bits per heavy atom. The Morgan fingerprint density at radius 1 is 1.00 bits per heavy atom. The highest BCUT2D eigenvalue weighted by molar-refractivity contribution is 6.30. The molecule has 1 aliphatic carbocycles. The van der Waals surface area contributed by atoms with E-state index in [1.165, 1.54) is 70.8 Å². The highest BCUT2D eigenvalue weighted by atomic mass is 35.5. The van der Waals surface area contributed by atoms with Gasteiger partial charge < -0.3 is 15.5 Å². The molecule has 1 saturated carbocycles. The molecule has 5 nitrogen and oxygen atoms in total. The molecule has 1 aromatic heterocycles. The van der Waals surface area contributed by atoms with E-state index in [4.69, 9.17) is 11.6 Å². The molecule has 1 aromatic carbocycles. The van der Waals surface area contributed by atoms with Gasteiger partial charge in [0.1, 0.15) is 5.82 Å². The minimum absolute atomic E-state index is 0.166. The predicted molar refractivity (Wildman–Crippen MR) is 128 cm³/mol. The van der Waals surface area contributed by atoms with Gasteiger partial charge in [0.25, 0.3) is 5.91 Å². The summed E-state index contributed by atoms with van der Waals surface area (Å²) in [5.41, 5.74) is 1.51. The minimum Gasteiger partial charge on any atom is -0.384 e. The SMILES string of the molecule is O=C(Nc1ccc(Cl)cn1)c1ccccc1NCC1CCN(CC2CCCCC2)CC1. The molecule has 2 aromatic rings. The second-order valence-electron chi connectivity index (χ2n) is 8.99. The van der Waals surface area contributed by atoms with Gasteiger partial charge in [-0.15, -0.1) is 0 Å². The monoisotopic (exact) mass is 440 g/mol. The number of anilines is 2. The molecule has 0 atom stereocenters. The summed E-state index contributed by atoms with van der Waals surface area (Å²) in [6.07, 6.45) is 11.1. The lowest BCUT2D eigenvalue weighted by Gasteiger charge is -2.35. The normalized spacial score (nSPS) is 18.6. The van der Waals surface area contributed by atoms with Crippen molar-refractivity contribution >= 4 is 29.0 Å². The number of hydrogen-bond donors (Lipinski definition) is 2. The van der Waals surface area contributed by atoms with E-state index in [-0.39, 0.29) is 5.91 Å². The van der Waals surface area contributed by atoms with Crippen LogP contribution in [0.2, 0.25) is 5.02 Å². The smallest absolute Gasteiger partial charge is 0.258 e. The molecule has 1 amide bonds. The third-order valence-corrected chi connectivity index (χ3v) is 6.89. The first kappa shape index (κ1) is 22.1. The van der Waals surface area contributed by atoms with Gasteiger partial charge >= 0.3 is 0 Å². The van der Waals surface area contributed by atoms with E-state index in [2.05, 4.69) is 20.5 Å². The number of carbonyl (C=O) groups excluding carboxylic acids is 1. The molecule has 1 aliphatic heterocycles. The quantitative estimate of drug-likeness (QED) is 0.580. The van der Waals surface area contributed by atoms with Crippen molar-refractivity contribution in [2.75, 3.05) is 36.8 Å². The molecule has 2 fully saturated rings. The van der Waals surface area contributed by atoms with Crippen LogP contribution in [0, 0.1) is 11.8 Å². The van der Waals surface area contributed by atoms with Crippen LogP contribution in [0.3, 0.4) is 0 Å². The second-order valence-corrected chi connectivity index (χ2v) is 9.43. The number of hydrogen-bond acceptors (Lipinski definition) is 4. The average molecular weight is 441 g/mol. The molecule has 0 unspecified atom stereocenters. The Morgan fingerprint density at radius 2 is 1.77 bits per heavy atom. The maximum absolute atomic E-state index is 12.8. The Balaban J connectivity index is 1.26. The Hall–Kier alpha value is -2.11. The number of rotatable bonds is 7. The summed E-state index contributed by atoms with van der Waals surface area (Å²) in [6, 6.07) is 11.1. The van der Waals surface area contributed by atoms with Gasteiger partial charge in [0.15, 0.2) is 0 Å². The zero-order valence-electron chi connectivity index (χ0n) is 18.2. The number of aromatic nitrogens is 1. The molecule has 0 spiro atoms. The predicted octanol–water partition coefficient (Wildman–Crippen LogP) is 5.69. The number of para-hydroxylation sites is 1. The molecule has 0 radical (unpaired) electrons. The summed E-state index contributed by atoms with van der Waals surface area (Å²) in [7, 11) is 0. The summed E-state index contributed by atoms with van der Waals surface area (Å²) >= 11 is 5.87. The van der Waals surface area contributed by atoms with E-state index in [0.29, 0.717) is 22.3 Å². The van der Waals surface area contributed by atoms with Crippen LogP contribution in [-0.4, -0.2) is 42.0 Å². The number of carbonyl (C=O) groups is 1. The van der Waals surface area contributed by atoms with Crippen molar-refractivity contribution in [2.24, 2.45) is 11.8 Å². The third-order valence-electron chi connectivity index (χ3n) is 6.67. The van der Waals surface area contributed by atoms with E-state index in [0.717, 1.165) is 18.2 Å². The van der Waals surface area contributed by atoms with Gasteiger partial charge in [-0.25, -0.2) is 4.98 Å². The van der Waals surface area contributed by atoms with E-state index in [1.54, 1.807) is 12.1 Å². The van der Waals surface area contributed by atoms with Crippen LogP contribution in [0.25, 0.3) is 0 Å². The van der Waals surface area contributed by atoms with Gasteiger partial charge in [-0.05, 0) is 74.9 Å². The molecular formula is C25H33ClN4O. The van der Waals surface area contributed by atoms with Gasteiger partial charge in [-0.2, -0.15) is 0 Å². The third kappa shape index (κ3) is 6.44. The number of likely N-dealkylation sites (tertiary alicyclic amines) is 1. The van der Waals surface area contributed by atoms with E-state index >= 15 is 0 Å². The zero-order valence-corrected chi connectivity index (χ0v) is 18.9. The lowest BCUT2D eigenvalue weighted by molar-refractivity contribution is 0.102. The summed E-state index contributed by atoms with van der Waals surface area (Å²) in [6.45, 7) is 4.60. The molecule has 6 heteroatoms. The largest absolute Gasteiger partial charge is 0.384 e. The van der Waals surface area contributed by atoms with Crippen LogP contribution >= 0.6 is 11.6 Å². The van der Waals surface area contributed by atoms with Crippen molar-refractivity contribution in [3.05, 3.63) is 53.2 Å². The molecule has 166 valence electrons.